The van der Waals surface area contributed by atoms with E-state index >= 15 is 0 Å². The van der Waals surface area contributed by atoms with Crippen LogP contribution in [0.4, 0.5) is 0 Å². The summed E-state index contributed by atoms with van der Waals surface area (Å²) < 4.78 is 0.442. The predicted octanol–water partition coefficient (Wildman–Crippen LogP) is 2.89. The number of nitrogens with two attached hydrogens (primary N) is 1. The minimum atomic E-state index is -0.0856. The largest absolute Gasteiger partial charge is 0.323 e. The van der Waals surface area contributed by atoms with E-state index in [2.05, 4.69) is 4.98 Å². The Morgan fingerprint density at radius 2 is 2.09 bits per heavy atom. The number of hydrogen-bond donors (Lipinski definition) is 1. The topological polar surface area (TPSA) is 38.9 Å². The highest BCUT2D eigenvalue weighted by Gasteiger charge is 2.10. The van der Waals surface area contributed by atoms with E-state index in [0.29, 0.717) is 9.62 Å². The maximum absolute atomic E-state index is 5.67. The van der Waals surface area contributed by atoms with Crippen molar-refractivity contribution in [2.45, 2.75) is 13.0 Å². The molecule has 0 aliphatic carbocycles. The van der Waals surface area contributed by atoms with Gasteiger partial charge in [0.05, 0.1) is 4.88 Å². The van der Waals surface area contributed by atoms with Gasteiger partial charge < -0.3 is 5.73 Å². The van der Waals surface area contributed by atoms with Crippen LogP contribution in [0.1, 0.15) is 17.8 Å². The van der Waals surface area contributed by atoms with Crippen molar-refractivity contribution >= 4 is 46.9 Å². The average Bonchev–Trinajstić information content (AvgIpc) is 2.10. The lowest BCUT2D eigenvalue weighted by Crippen LogP contribution is -2.02. The van der Waals surface area contributed by atoms with Crippen molar-refractivity contribution in [3.05, 3.63) is 14.5 Å². The fourth-order valence-corrected chi connectivity index (χ4v) is 2.00. The molecule has 0 spiro atoms. The van der Waals surface area contributed by atoms with Crippen LogP contribution < -0.4 is 5.73 Å². The molecule has 1 aromatic rings. The quantitative estimate of drug-likeness (QED) is 0.810. The summed E-state index contributed by atoms with van der Waals surface area (Å²) in [7, 11) is 0. The van der Waals surface area contributed by atoms with Gasteiger partial charge in [-0.05, 0) is 6.92 Å². The molecule has 1 atom stereocenters. The summed E-state index contributed by atoms with van der Waals surface area (Å²) in [5.41, 5.74) is 5.56. The van der Waals surface area contributed by atoms with E-state index in [-0.39, 0.29) is 18.4 Å². The Balaban J connectivity index is 0.000001000. The molecule has 1 unspecified atom stereocenters. The molecule has 64 valence electrons. The maximum atomic E-state index is 5.67. The Hall–Kier alpha value is 0.460. The van der Waals surface area contributed by atoms with E-state index in [9.17, 15) is 0 Å². The minimum Gasteiger partial charge on any atom is -0.323 e. The SMILES string of the molecule is CC(N)c1sc(Cl)nc1Cl.Cl. The molecule has 0 aliphatic heterocycles. The van der Waals surface area contributed by atoms with Crippen LogP contribution in [0.2, 0.25) is 9.62 Å². The predicted molar refractivity (Wildman–Crippen MR) is 52.0 cm³/mol. The van der Waals surface area contributed by atoms with Crippen molar-refractivity contribution in [2.75, 3.05) is 0 Å². The summed E-state index contributed by atoms with van der Waals surface area (Å²) in [6.07, 6.45) is 0. The van der Waals surface area contributed by atoms with Gasteiger partial charge in [0.15, 0.2) is 4.47 Å². The summed E-state index contributed by atoms with van der Waals surface area (Å²) in [5.74, 6) is 0. The van der Waals surface area contributed by atoms with Gasteiger partial charge in [0.1, 0.15) is 5.15 Å². The molecule has 2 nitrogen and oxygen atoms in total. The Kier molecular flexibility index (Phi) is 4.66. The Morgan fingerprint density at radius 1 is 1.55 bits per heavy atom. The molecule has 1 aromatic heterocycles. The Labute approximate surface area is 85.1 Å². The molecular formula is C5H7Cl3N2S. The van der Waals surface area contributed by atoms with Gasteiger partial charge >= 0.3 is 0 Å². The second-order valence-electron chi connectivity index (χ2n) is 1.91. The van der Waals surface area contributed by atoms with E-state index in [0.717, 1.165) is 4.88 Å². The molecule has 11 heavy (non-hydrogen) atoms. The monoisotopic (exact) mass is 232 g/mol. The highest BCUT2D eigenvalue weighted by molar-refractivity contribution is 7.16. The van der Waals surface area contributed by atoms with Crippen molar-refractivity contribution in [1.82, 2.24) is 4.98 Å². The molecule has 0 fully saturated rings. The number of aromatic nitrogens is 1. The number of hydrogen-bond acceptors (Lipinski definition) is 3. The zero-order valence-corrected chi connectivity index (χ0v) is 8.82. The summed E-state index contributed by atoms with van der Waals surface area (Å²) in [6.45, 7) is 1.84. The molecular weight excluding hydrogens is 226 g/mol. The lowest BCUT2D eigenvalue weighted by atomic mass is 10.3. The van der Waals surface area contributed by atoms with Crippen molar-refractivity contribution in [2.24, 2.45) is 5.73 Å². The molecule has 1 rings (SSSR count). The van der Waals surface area contributed by atoms with Crippen LogP contribution in [0.5, 0.6) is 0 Å². The highest BCUT2D eigenvalue weighted by atomic mass is 35.5. The Bertz CT molecular complexity index is 236. The second kappa shape index (κ2) is 4.48. The van der Waals surface area contributed by atoms with Crippen LogP contribution >= 0.6 is 46.9 Å². The molecule has 0 amide bonds. The van der Waals surface area contributed by atoms with Crippen LogP contribution in [-0.4, -0.2) is 4.98 Å². The molecule has 0 bridgehead atoms. The molecule has 1 heterocycles. The molecule has 0 radical (unpaired) electrons. The normalized spacial score (nSPS) is 12.4. The third-order valence-corrected chi connectivity index (χ3v) is 2.76. The lowest BCUT2D eigenvalue weighted by molar-refractivity contribution is 0.835. The van der Waals surface area contributed by atoms with Gasteiger partial charge in [-0.15, -0.1) is 23.7 Å². The molecule has 0 aliphatic rings. The average molecular weight is 234 g/mol. The van der Waals surface area contributed by atoms with Crippen LogP contribution in [0.3, 0.4) is 0 Å². The maximum Gasteiger partial charge on any atom is 0.185 e. The molecule has 0 saturated carbocycles. The summed E-state index contributed by atoms with van der Waals surface area (Å²) in [4.78, 5) is 4.64. The van der Waals surface area contributed by atoms with Gasteiger partial charge in [-0.2, -0.15) is 0 Å². The van der Waals surface area contributed by atoms with Crippen molar-refractivity contribution in [1.29, 1.82) is 0 Å². The van der Waals surface area contributed by atoms with E-state index in [1.54, 1.807) is 0 Å². The van der Waals surface area contributed by atoms with Crippen LogP contribution in [0.25, 0.3) is 0 Å². The molecule has 2 N–H and O–H groups in total. The van der Waals surface area contributed by atoms with E-state index in [1.807, 2.05) is 6.92 Å². The molecule has 0 aromatic carbocycles. The first kappa shape index (κ1) is 11.5. The van der Waals surface area contributed by atoms with Gasteiger partial charge in [0.25, 0.3) is 0 Å². The first-order chi connectivity index (χ1) is 4.61. The zero-order valence-electron chi connectivity index (χ0n) is 5.67. The number of rotatable bonds is 1. The summed E-state index contributed by atoms with van der Waals surface area (Å²) in [5, 5.41) is 0.421. The fourth-order valence-electron chi connectivity index (χ4n) is 0.569. The van der Waals surface area contributed by atoms with Gasteiger partial charge in [0.2, 0.25) is 0 Å². The van der Waals surface area contributed by atoms with Crippen molar-refractivity contribution in [3.8, 4) is 0 Å². The lowest BCUT2D eigenvalue weighted by Gasteiger charge is -1.97. The third kappa shape index (κ3) is 2.76. The number of thiazole rings is 1. The van der Waals surface area contributed by atoms with Crippen molar-refractivity contribution < 1.29 is 0 Å². The van der Waals surface area contributed by atoms with Gasteiger partial charge in [-0.3, -0.25) is 0 Å². The van der Waals surface area contributed by atoms with Crippen LogP contribution in [0.15, 0.2) is 0 Å². The van der Waals surface area contributed by atoms with E-state index in [1.165, 1.54) is 11.3 Å². The summed E-state index contributed by atoms with van der Waals surface area (Å²) in [6, 6.07) is -0.0856. The van der Waals surface area contributed by atoms with Gasteiger partial charge in [-0.25, -0.2) is 4.98 Å². The zero-order chi connectivity index (χ0) is 7.72. The number of nitrogens with zero attached hydrogens (tertiary/aromatic N) is 1. The Morgan fingerprint density at radius 3 is 2.27 bits per heavy atom. The fraction of sp³-hybridized carbons (Fsp3) is 0.400. The van der Waals surface area contributed by atoms with E-state index < -0.39 is 0 Å². The van der Waals surface area contributed by atoms with Gasteiger partial charge in [0, 0.05) is 6.04 Å². The molecule has 0 saturated heterocycles. The van der Waals surface area contributed by atoms with Gasteiger partial charge in [-0.1, -0.05) is 23.2 Å². The first-order valence-corrected chi connectivity index (χ1v) is 4.26. The molecule has 6 heteroatoms. The van der Waals surface area contributed by atoms with E-state index in [4.69, 9.17) is 28.9 Å². The smallest absolute Gasteiger partial charge is 0.185 e. The van der Waals surface area contributed by atoms with Crippen LogP contribution in [0, 0.1) is 0 Å². The third-order valence-electron chi connectivity index (χ3n) is 0.997. The first-order valence-electron chi connectivity index (χ1n) is 2.68. The summed E-state index contributed by atoms with van der Waals surface area (Å²) >= 11 is 12.6. The second-order valence-corrected chi connectivity index (χ2v) is 3.88. The minimum absolute atomic E-state index is 0. The number of halogens is 3. The van der Waals surface area contributed by atoms with Crippen molar-refractivity contribution in [3.63, 3.8) is 0 Å². The standard InChI is InChI=1S/C5H6Cl2N2S.ClH/c1-2(8)3-4(6)9-5(7)10-3;/h2H,8H2,1H3;1H. The highest BCUT2D eigenvalue weighted by Crippen LogP contribution is 2.30. The van der Waals surface area contributed by atoms with Crippen LogP contribution in [-0.2, 0) is 0 Å².